The number of hydrogen-bond acceptors (Lipinski definition) is 7. The minimum Gasteiger partial charge on any atom is -0.491 e. The molecule has 0 aliphatic carbocycles. The fourth-order valence-corrected chi connectivity index (χ4v) is 3.26. The maximum absolute atomic E-state index is 6.14. The van der Waals surface area contributed by atoms with Gasteiger partial charge in [-0.25, -0.2) is 0 Å². The predicted octanol–water partition coefficient (Wildman–Crippen LogP) is 3.13. The first-order valence-corrected chi connectivity index (χ1v) is 7.95. The summed E-state index contributed by atoms with van der Waals surface area (Å²) in [7, 11) is 3.89. The van der Waals surface area contributed by atoms with Crippen LogP contribution in [-0.4, -0.2) is 30.9 Å². The molecule has 0 amide bonds. The Bertz CT molecular complexity index is 571. The molecule has 0 spiro atoms. The molecular formula is C13H18N4OS2. The molecule has 0 unspecified atom stereocenters. The Hall–Kier alpha value is -1.47. The fourth-order valence-electron chi connectivity index (χ4n) is 1.47. The number of nitrogens with zero attached hydrogens (tertiary/aromatic N) is 3. The van der Waals surface area contributed by atoms with Gasteiger partial charge in [-0.05, 0) is 18.6 Å². The second kappa shape index (κ2) is 6.81. The van der Waals surface area contributed by atoms with Crippen LogP contribution in [0.25, 0.3) is 0 Å². The number of nitrogen functional groups attached to an aromatic ring is 1. The molecule has 2 N–H and O–H groups in total. The third-order valence-corrected chi connectivity index (χ3v) is 4.68. The Morgan fingerprint density at radius 3 is 2.80 bits per heavy atom. The highest BCUT2D eigenvalue weighted by molar-refractivity contribution is 8.01. The highest BCUT2D eigenvalue weighted by atomic mass is 32.2. The van der Waals surface area contributed by atoms with E-state index in [1.807, 2.05) is 37.2 Å². The molecule has 7 heteroatoms. The van der Waals surface area contributed by atoms with Crippen molar-refractivity contribution in [3.8, 4) is 5.75 Å². The Morgan fingerprint density at radius 1 is 1.35 bits per heavy atom. The van der Waals surface area contributed by atoms with Crippen LogP contribution in [0.3, 0.4) is 0 Å². The first kappa shape index (κ1) is 14.9. The van der Waals surface area contributed by atoms with Gasteiger partial charge in [-0.1, -0.05) is 36.1 Å². The summed E-state index contributed by atoms with van der Waals surface area (Å²) in [4.78, 5) is 2.88. The van der Waals surface area contributed by atoms with E-state index in [1.54, 1.807) is 0 Å². The summed E-state index contributed by atoms with van der Waals surface area (Å²) in [5.74, 6) is 0.731. The van der Waals surface area contributed by atoms with Crippen molar-refractivity contribution in [2.24, 2.45) is 0 Å². The molecule has 0 aliphatic heterocycles. The summed E-state index contributed by atoms with van der Waals surface area (Å²) in [6.45, 7) is 2.74. The third-order valence-electron chi connectivity index (χ3n) is 2.46. The zero-order valence-electron chi connectivity index (χ0n) is 11.8. The van der Waals surface area contributed by atoms with E-state index in [9.17, 15) is 0 Å². The number of benzene rings is 1. The molecule has 5 nitrogen and oxygen atoms in total. The van der Waals surface area contributed by atoms with Crippen molar-refractivity contribution in [2.75, 3.05) is 31.3 Å². The quantitative estimate of drug-likeness (QED) is 0.827. The average Bonchev–Trinajstić information content (AvgIpc) is 2.88. The Balaban J connectivity index is 2.15. The van der Waals surface area contributed by atoms with E-state index >= 15 is 0 Å². The SMILES string of the molecule is CCCOc1cccc(Sc2nnc(N(C)C)s2)c1N. The molecule has 108 valence electrons. The first-order valence-electron chi connectivity index (χ1n) is 6.31. The number of aromatic nitrogens is 2. The van der Waals surface area contributed by atoms with Crippen LogP contribution in [0.4, 0.5) is 10.8 Å². The second-order valence-electron chi connectivity index (χ2n) is 4.36. The van der Waals surface area contributed by atoms with Crippen molar-refractivity contribution < 1.29 is 4.74 Å². The Labute approximate surface area is 127 Å². The lowest BCUT2D eigenvalue weighted by atomic mass is 10.3. The van der Waals surface area contributed by atoms with Gasteiger partial charge in [-0.2, -0.15) is 0 Å². The van der Waals surface area contributed by atoms with Crippen LogP contribution in [0.15, 0.2) is 27.4 Å². The molecule has 0 saturated heterocycles. The molecule has 0 saturated carbocycles. The standard InChI is InChI=1S/C13H18N4OS2/c1-4-8-18-9-6-5-7-10(11(9)14)19-13-16-15-12(20-13)17(2)3/h5-7H,4,8,14H2,1-3H3. The van der Waals surface area contributed by atoms with Crippen LogP contribution in [0.2, 0.25) is 0 Å². The largest absolute Gasteiger partial charge is 0.491 e. The minimum atomic E-state index is 0.660. The minimum absolute atomic E-state index is 0.660. The number of anilines is 2. The molecule has 0 bridgehead atoms. The molecule has 0 atom stereocenters. The van der Waals surface area contributed by atoms with E-state index in [-0.39, 0.29) is 0 Å². The van der Waals surface area contributed by atoms with E-state index in [4.69, 9.17) is 10.5 Å². The van der Waals surface area contributed by atoms with Crippen LogP contribution in [0.5, 0.6) is 5.75 Å². The number of rotatable bonds is 6. The summed E-state index contributed by atoms with van der Waals surface area (Å²) >= 11 is 3.05. The van der Waals surface area contributed by atoms with Crippen LogP contribution >= 0.6 is 23.1 Å². The van der Waals surface area contributed by atoms with Crippen molar-refractivity contribution in [3.63, 3.8) is 0 Å². The Kier molecular flexibility index (Phi) is 5.08. The van der Waals surface area contributed by atoms with Gasteiger partial charge in [0.15, 0.2) is 4.34 Å². The summed E-state index contributed by atoms with van der Waals surface area (Å²) in [6.07, 6.45) is 0.958. The molecule has 0 aliphatic rings. The third kappa shape index (κ3) is 3.55. The number of ether oxygens (including phenoxy) is 1. The molecule has 1 heterocycles. The van der Waals surface area contributed by atoms with E-state index in [0.717, 1.165) is 26.5 Å². The van der Waals surface area contributed by atoms with Gasteiger partial charge in [0.25, 0.3) is 0 Å². The van der Waals surface area contributed by atoms with E-state index in [1.165, 1.54) is 23.1 Å². The molecule has 0 fully saturated rings. The van der Waals surface area contributed by atoms with Gasteiger partial charge in [0.2, 0.25) is 5.13 Å². The van der Waals surface area contributed by atoms with Crippen LogP contribution in [0, 0.1) is 0 Å². The molecule has 1 aromatic heterocycles. The van der Waals surface area contributed by atoms with Gasteiger partial charge in [0, 0.05) is 19.0 Å². The Morgan fingerprint density at radius 2 is 2.15 bits per heavy atom. The molecule has 2 aromatic rings. The zero-order valence-corrected chi connectivity index (χ0v) is 13.4. The fraction of sp³-hybridized carbons (Fsp3) is 0.385. The van der Waals surface area contributed by atoms with Crippen LogP contribution in [0.1, 0.15) is 13.3 Å². The van der Waals surface area contributed by atoms with E-state index in [0.29, 0.717) is 12.3 Å². The summed E-state index contributed by atoms with van der Waals surface area (Å²) < 4.78 is 6.50. The van der Waals surface area contributed by atoms with Gasteiger partial charge < -0.3 is 15.4 Å². The zero-order chi connectivity index (χ0) is 14.5. The van der Waals surface area contributed by atoms with Gasteiger partial charge in [-0.15, -0.1) is 10.2 Å². The van der Waals surface area contributed by atoms with Crippen LogP contribution in [-0.2, 0) is 0 Å². The highest BCUT2D eigenvalue weighted by Crippen LogP contribution is 2.39. The second-order valence-corrected chi connectivity index (χ2v) is 6.61. The van der Waals surface area contributed by atoms with Crippen molar-refractivity contribution in [1.29, 1.82) is 0 Å². The summed E-state index contributed by atoms with van der Waals surface area (Å²) in [6, 6.07) is 5.80. The maximum Gasteiger partial charge on any atom is 0.208 e. The number of para-hydroxylation sites is 1. The molecule has 1 aromatic carbocycles. The molecular weight excluding hydrogens is 292 g/mol. The van der Waals surface area contributed by atoms with E-state index in [2.05, 4.69) is 17.1 Å². The molecule has 2 rings (SSSR count). The number of nitrogens with two attached hydrogens (primary N) is 1. The number of hydrogen-bond donors (Lipinski definition) is 1. The first-order chi connectivity index (χ1) is 9.61. The van der Waals surface area contributed by atoms with Crippen LogP contribution < -0.4 is 15.4 Å². The average molecular weight is 310 g/mol. The summed E-state index contributed by atoms with van der Waals surface area (Å²) in [5.41, 5.74) is 6.80. The highest BCUT2D eigenvalue weighted by Gasteiger charge is 2.11. The molecule has 20 heavy (non-hydrogen) atoms. The lowest BCUT2D eigenvalue weighted by Crippen LogP contribution is -2.07. The summed E-state index contributed by atoms with van der Waals surface area (Å²) in [5, 5.41) is 9.15. The maximum atomic E-state index is 6.14. The lowest BCUT2D eigenvalue weighted by molar-refractivity contribution is 0.318. The monoisotopic (exact) mass is 310 g/mol. The van der Waals surface area contributed by atoms with Crippen molar-refractivity contribution in [1.82, 2.24) is 10.2 Å². The van der Waals surface area contributed by atoms with Gasteiger partial charge in [-0.3, -0.25) is 0 Å². The van der Waals surface area contributed by atoms with Crippen molar-refractivity contribution >= 4 is 33.9 Å². The van der Waals surface area contributed by atoms with Crippen molar-refractivity contribution in [2.45, 2.75) is 22.6 Å². The van der Waals surface area contributed by atoms with Gasteiger partial charge >= 0.3 is 0 Å². The van der Waals surface area contributed by atoms with Crippen molar-refractivity contribution in [3.05, 3.63) is 18.2 Å². The van der Waals surface area contributed by atoms with Gasteiger partial charge in [0.1, 0.15) is 5.75 Å². The lowest BCUT2D eigenvalue weighted by Gasteiger charge is -2.10. The normalized spacial score (nSPS) is 10.6. The topological polar surface area (TPSA) is 64.3 Å². The molecule has 0 radical (unpaired) electrons. The smallest absolute Gasteiger partial charge is 0.208 e. The van der Waals surface area contributed by atoms with E-state index < -0.39 is 0 Å². The predicted molar refractivity (Wildman–Crippen MR) is 85.0 cm³/mol. The van der Waals surface area contributed by atoms with Gasteiger partial charge in [0.05, 0.1) is 12.3 Å².